The Bertz CT molecular complexity index is 583. The monoisotopic (exact) mass is 246 g/mol. The average molecular weight is 247 g/mol. The van der Waals surface area contributed by atoms with E-state index in [2.05, 4.69) is 10.3 Å². The summed E-state index contributed by atoms with van der Waals surface area (Å²) in [5.41, 5.74) is 1.48. The number of aldehydes is 1. The van der Waals surface area contributed by atoms with E-state index in [1.54, 1.807) is 24.3 Å². The number of rotatable bonds is 3. The Labute approximate surface area is 102 Å². The van der Waals surface area contributed by atoms with Crippen LogP contribution in [-0.2, 0) is 6.54 Å². The molecule has 6 heteroatoms. The fourth-order valence-corrected chi connectivity index (χ4v) is 1.61. The molecule has 17 heavy (non-hydrogen) atoms. The molecule has 1 heterocycles. The van der Waals surface area contributed by atoms with Crippen molar-refractivity contribution < 1.29 is 4.79 Å². The molecule has 0 amide bonds. The minimum atomic E-state index is 0.0405. The van der Waals surface area contributed by atoms with Crippen molar-refractivity contribution in [3.05, 3.63) is 35.0 Å². The van der Waals surface area contributed by atoms with Gasteiger partial charge in [-0.1, -0.05) is 28.9 Å². The summed E-state index contributed by atoms with van der Waals surface area (Å²) in [7, 11) is 0. The fraction of sp³-hybridized carbons (Fsp3) is 0.0909. The van der Waals surface area contributed by atoms with Crippen molar-refractivity contribution in [3.63, 3.8) is 0 Å². The number of nitrogens with zero attached hydrogens (tertiary/aromatic N) is 4. The standard InChI is InChI=1S/C11H7ClN4O/c12-9-3-1-8(2-4-9)11-10(7-17)14-15-16(11)6-5-13/h1-4,7H,6H2. The van der Waals surface area contributed by atoms with E-state index < -0.39 is 0 Å². The largest absolute Gasteiger partial charge is 0.296 e. The van der Waals surface area contributed by atoms with Crippen LogP contribution < -0.4 is 0 Å². The Morgan fingerprint density at radius 1 is 1.41 bits per heavy atom. The maximum Gasteiger partial charge on any atom is 0.172 e. The van der Waals surface area contributed by atoms with Crippen molar-refractivity contribution in [1.29, 1.82) is 5.26 Å². The summed E-state index contributed by atoms with van der Waals surface area (Å²) in [5.74, 6) is 0. The Balaban J connectivity index is 2.56. The minimum Gasteiger partial charge on any atom is -0.296 e. The smallest absolute Gasteiger partial charge is 0.172 e. The zero-order valence-electron chi connectivity index (χ0n) is 8.67. The van der Waals surface area contributed by atoms with Gasteiger partial charge in [-0.05, 0) is 12.1 Å². The van der Waals surface area contributed by atoms with Crippen molar-refractivity contribution in [2.24, 2.45) is 0 Å². The van der Waals surface area contributed by atoms with Crippen LogP contribution in [-0.4, -0.2) is 21.3 Å². The van der Waals surface area contributed by atoms with Gasteiger partial charge in [0, 0.05) is 10.6 Å². The third-order valence-corrected chi connectivity index (χ3v) is 2.46. The van der Waals surface area contributed by atoms with E-state index in [4.69, 9.17) is 16.9 Å². The Kier molecular flexibility index (Phi) is 3.17. The summed E-state index contributed by atoms with van der Waals surface area (Å²) in [5, 5.41) is 16.7. The molecule has 0 saturated carbocycles. The first-order valence-corrected chi connectivity index (χ1v) is 5.15. The zero-order chi connectivity index (χ0) is 12.3. The number of carbonyl (C=O) groups excluding carboxylic acids is 1. The highest BCUT2D eigenvalue weighted by Crippen LogP contribution is 2.23. The van der Waals surface area contributed by atoms with Crippen LogP contribution in [0.15, 0.2) is 24.3 Å². The van der Waals surface area contributed by atoms with Crippen molar-refractivity contribution in [3.8, 4) is 17.3 Å². The molecule has 0 atom stereocenters. The highest BCUT2D eigenvalue weighted by molar-refractivity contribution is 6.30. The Morgan fingerprint density at radius 3 is 2.71 bits per heavy atom. The topological polar surface area (TPSA) is 71.6 Å². The Morgan fingerprint density at radius 2 is 2.12 bits per heavy atom. The van der Waals surface area contributed by atoms with E-state index >= 15 is 0 Å². The second kappa shape index (κ2) is 4.76. The average Bonchev–Trinajstić information content (AvgIpc) is 2.74. The summed E-state index contributed by atoms with van der Waals surface area (Å²) >= 11 is 5.79. The van der Waals surface area contributed by atoms with E-state index in [1.165, 1.54) is 4.68 Å². The van der Waals surface area contributed by atoms with E-state index in [9.17, 15) is 4.79 Å². The lowest BCUT2D eigenvalue weighted by Gasteiger charge is -2.03. The van der Waals surface area contributed by atoms with Gasteiger partial charge in [-0.25, -0.2) is 4.68 Å². The zero-order valence-corrected chi connectivity index (χ0v) is 9.42. The van der Waals surface area contributed by atoms with Gasteiger partial charge >= 0.3 is 0 Å². The number of hydrogen-bond acceptors (Lipinski definition) is 4. The van der Waals surface area contributed by atoms with Crippen LogP contribution in [0.2, 0.25) is 5.02 Å². The van der Waals surface area contributed by atoms with Crippen molar-refractivity contribution >= 4 is 17.9 Å². The minimum absolute atomic E-state index is 0.0405. The van der Waals surface area contributed by atoms with Crippen LogP contribution in [0.1, 0.15) is 10.5 Å². The quantitative estimate of drug-likeness (QED) is 0.776. The van der Waals surface area contributed by atoms with E-state index in [0.717, 1.165) is 5.56 Å². The highest BCUT2D eigenvalue weighted by atomic mass is 35.5. The molecule has 2 rings (SSSR count). The molecule has 0 fully saturated rings. The molecule has 0 spiro atoms. The molecule has 0 radical (unpaired) electrons. The summed E-state index contributed by atoms with van der Waals surface area (Å²) in [6.45, 7) is 0.0405. The molecule has 2 aromatic rings. The summed E-state index contributed by atoms with van der Waals surface area (Å²) in [4.78, 5) is 10.9. The number of hydrogen-bond donors (Lipinski definition) is 0. The summed E-state index contributed by atoms with van der Waals surface area (Å²) in [6.07, 6.45) is 0.616. The maximum absolute atomic E-state index is 10.9. The lowest BCUT2D eigenvalue weighted by atomic mass is 10.1. The van der Waals surface area contributed by atoms with Gasteiger partial charge in [0.15, 0.2) is 12.0 Å². The van der Waals surface area contributed by atoms with Gasteiger partial charge in [0.05, 0.1) is 6.07 Å². The van der Waals surface area contributed by atoms with Gasteiger partial charge in [-0.3, -0.25) is 4.79 Å². The first-order chi connectivity index (χ1) is 8.26. The van der Waals surface area contributed by atoms with Crippen molar-refractivity contribution in [2.45, 2.75) is 6.54 Å². The number of nitriles is 1. The first-order valence-electron chi connectivity index (χ1n) is 4.78. The lowest BCUT2D eigenvalue weighted by Crippen LogP contribution is -2.01. The molecule has 0 unspecified atom stereocenters. The van der Waals surface area contributed by atoms with Gasteiger partial charge < -0.3 is 0 Å². The summed E-state index contributed by atoms with van der Waals surface area (Å²) in [6, 6.07) is 8.87. The second-order valence-corrected chi connectivity index (χ2v) is 3.70. The lowest BCUT2D eigenvalue weighted by molar-refractivity contribution is 0.111. The van der Waals surface area contributed by atoms with Gasteiger partial charge in [0.1, 0.15) is 12.2 Å². The van der Waals surface area contributed by atoms with Crippen molar-refractivity contribution in [2.75, 3.05) is 0 Å². The van der Waals surface area contributed by atoms with Crippen LogP contribution in [0, 0.1) is 11.3 Å². The highest BCUT2D eigenvalue weighted by Gasteiger charge is 2.13. The molecule has 0 N–H and O–H groups in total. The van der Waals surface area contributed by atoms with E-state index in [1.807, 2.05) is 6.07 Å². The molecule has 5 nitrogen and oxygen atoms in total. The SMILES string of the molecule is N#CCn1nnc(C=O)c1-c1ccc(Cl)cc1. The Hall–Kier alpha value is -2.19. The molecular weight excluding hydrogens is 240 g/mol. The molecule has 1 aromatic carbocycles. The van der Waals surface area contributed by atoms with Gasteiger partial charge in [0.25, 0.3) is 0 Å². The first kappa shape index (κ1) is 11.3. The molecule has 0 aliphatic carbocycles. The molecule has 0 bridgehead atoms. The van der Waals surface area contributed by atoms with Gasteiger partial charge in [0.2, 0.25) is 0 Å². The van der Waals surface area contributed by atoms with Crippen LogP contribution in [0.3, 0.4) is 0 Å². The predicted octanol–water partition coefficient (Wildman–Crippen LogP) is 1.93. The van der Waals surface area contributed by atoms with Gasteiger partial charge in [-0.15, -0.1) is 5.10 Å². The number of carbonyl (C=O) groups is 1. The molecular formula is C11H7ClN4O. The second-order valence-electron chi connectivity index (χ2n) is 3.26. The number of aromatic nitrogens is 3. The molecule has 84 valence electrons. The summed E-state index contributed by atoms with van der Waals surface area (Å²) < 4.78 is 1.38. The molecule has 1 aromatic heterocycles. The molecule has 0 aliphatic rings. The fourth-order valence-electron chi connectivity index (χ4n) is 1.49. The van der Waals surface area contributed by atoms with Crippen molar-refractivity contribution in [1.82, 2.24) is 15.0 Å². The number of benzene rings is 1. The van der Waals surface area contributed by atoms with Crippen LogP contribution in [0.4, 0.5) is 0 Å². The van der Waals surface area contributed by atoms with E-state index in [0.29, 0.717) is 17.0 Å². The third kappa shape index (κ3) is 2.17. The molecule has 0 aliphatic heterocycles. The normalized spacial score (nSPS) is 9.88. The van der Waals surface area contributed by atoms with Crippen LogP contribution >= 0.6 is 11.6 Å². The van der Waals surface area contributed by atoms with E-state index in [-0.39, 0.29) is 12.2 Å². The third-order valence-electron chi connectivity index (χ3n) is 2.21. The molecule has 0 saturated heterocycles. The van der Waals surface area contributed by atoms with Crippen LogP contribution in [0.5, 0.6) is 0 Å². The maximum atomic E-state index is 10.9. The van der Waals surface area contributed by atoms with Gasteiger partial charge in [-0.2, -0.15) is 5.26 Å². The number of halogens is 1. The van der Waals surface area contributed by atoms with Crippen LogP contribution in [0.25, 0.3) is 11.3 Å². The predicted molar refractivity (Wildman–Crippen MR) is 61.5 cm³/mol.